The average Bonchev–Trinajstić information content (AvgIpc) is 2.43. The van der Waals surface area contributed by atoms with Crippen molar-refractivity contribution < 1.29 is 23.5 Å². The van der Waals surface area contributed by atoms with Crippen LogP contribution in [-0.4, -0.2) is 35.1 Å². The van der Waals surface area contributed by atoms with Gasteiger partial charge in [-0.3, -0.25) is 4.79 Å². The largest absolute Gasteiger partial charge is 0.481 e. The van der Waals surface area contributed by atoms with Gasteiger partial charge in [0.25, 0.3) is 0 Å². The van der Waals surface area contributed by atoms with E-state index < -0.39 is 29.6 Å². The third-order valence-electron chi connectivity index (χ3n) is 3.23. The normalized spacial score (nSPS) is 18.7. The second-order valence-electron chi connectivity index (χ2n) is 4.68. The van der Waals surface area contributed by atoms with Gasteiger partial charge in [-0.2, -0.15) is 0 Å². The SMILES string of the molecule is O=C(O)C1CCCN(C(=O)Nc2ccc(F)c(F)c2)C1. The van der Waals surface area contributed by atoms with Crippen LogP contribution in [0, 0.1) is 17.6 Å². The number of aliphatic carboxylic acids is 1. The molecule has 1 saturated heterocycles. The molecule has 2 amide bonds. The molecule has 0 spiro atoms. The van der Waals surface area contributed by atoms with Gasteiger partial charge < -0.3 is 15.3 Å². The van der Waals surface area contributed by atoms with E-state index in [1.807, 2.05) is 0 Å². The van der Waals surface area contributed by atoms with Crippen LogP contribution in [0.4, 0.5) is 19.3 Å². The molecule has 1 heterocycles. The molecule has 0 radical (unpaired) electrons. The molecule has 2 N–H and O–H groups in total. The monoisotopic (exact) mass is 284 g/mol. The van der Waals surface area contributed by atoms with Gasteiger partial charge >= 0.3 is 12.0 Å². The van der Waals surface area contributed by atoms with Gasteiger partial charge in [0.05, 0.1) is 5.92 Å². The predicted octanol–water partition coefficient (Wildman–Crippen LogP) is 2.29. The fourth-order valence-electron chi connectivity index (χ4n) is 2.14. The Morgan fingerprint density at radius 1 is 1.30 bits per heavy atom. The van der Waals surface area contributed by atoms with Crippen LogP contribution in [0.25, 0.3) is 0 Å². The number of nitrogens with one attached hydrogen (secondary N) is 1. The topological polar surface area (TPSA) is 69.6 Å². The van der Waals surface area contributed by atoms with Gasteiger partial charge in [0.2, 0.25) is 0 Å². The Hall–Kier alpha value is -2.18. The summed E-state index contributed by atoms with van der Waals surface area (Å²) in [4.78, 5) is 24.2. The first-order chi connectivity index (χ1) is 9.47. The number of carbonyl (C=O) groups is 2. The molecule has 1 aromatic rings. The van der Waals surface area contributed by atoms with Crippen LogP contribution in [0.1, 0.15) is 12.8 Å². The van der Waals surface area contributed by atoms with Crippen LogP contribution in [0.5, 0.6) is 0 Å². The fraction of sp³-hybridized carbons (Fsp3) is 0.385. The summed E-state index contributed by atoms with van der Waals surface area (Å²) >= 11 is 0. The van der Waals surface area contributed by atoms with Crippen molar-refractivity contribution in [3.05, 3.63) is 29.8 Å². The Labute approximate surface area is 114 Å². The molecule has 1 fully saturated rings. The summed E-state index contributed by atoms with van der Waals surface area (Å²) < 4.78 is 25.8. The quantitative estimate of drug-likeness (QED) is 0.875. The molecule has 0 bridgehead atoms. The minimum atomic E-state index is -1.05. The third kappa shape index (κ3) is 3.23. The summed E-state index contributed by atoms with van der Waals surface area (Å²) in [6.45, 7) is 0.560. The smallest absolute Gasteiger partial charge is 0.321 e. The molecule has 2 rings (SSSR count). The van der Waals surface area contributed by atoms with Gasteiger partial charge in [0.15, 0.2) is 11.6 Å². The Kier molecular flexibility index (Phi) is 4.16. The predicted molar refractivity (Wildman–Crippen MR) is 67.3 cm³/mol. The Morgan fingerprint density at radius 2 is 2.05 bits per heavy atom. The summed E-state index contributed by atoms with van der Waals surface area (Å²) in [6.07, 6.45) is 1.13. The number of hydrogen-bond acceptors (Lipinski definition) is 2. The lowest BCUT2D eigenvalue weighted by atomic mass is 9.99. The molecule has 1 aliphatic rings. The van der Waals surface area contributed by atoms with E-state index >= 15 is 0 Å². The van der Waals surface area contributed by atoms with E-state index in [-0.39, 0.29) is 12.2 Å². The minimum absolute atomic E-state index is 0.116. The van der Waals surface area contributed by atoms with E-state index in [9.17, 15) is 18.4 Å². The molecule has 20 heavy (non-hydrogen) atoms. The number of hydrogen-bond donors (Lipinski definition) is 2. The van der Waals surface area contributed by atoms with Crippen molar-refractivity contribution in [3.8, 4) is 0 Å². The zero-order valence-electron chi connectivity index (χ0n) is 10.6. The number of carboxylic acids is 1. The van der Waals surface area contributed by atoms with Gasteiger partial charge in [0, 0.05) is 24.8 Å². The first kappa shape index (κ1) is 14.2. The zero-order chi connectivity index (χ0) is 14.7. The average molecular weight is 284 g/mol. The number of urea groups is 1. The highest BCUT2D eigenvalue weighted by Crippen LogP contribution is 2.19. The summed E-state index contributed by atoms with van der Waals surface area (Å²) in [5.41, 5.74) is 0.131. The van der Waals surface area contributed by atoms with Gasteiger partial charge in [-0.05, 0) is 25.0 Å². The molecular weight excluding hydrogens is 270 g/mol. The van der Waals surface area contributed by atoms with Crippen LogP contribution in [0.15, 0.2) is 18.2 Å². The van der Waals surface area contributed by atoms with Crippen LogP contribution in [0.3, 0.4) is 0 Å². The van der Waals surface area contributed by atoms with Crippen molar-refractivity contribution in [1.82, 2.24) is 4.90 Å². The summed E-state index contributed by atoms with van der Waals surface area (Å²) in [6, 6.07) is 2.53. The number of amides is 2. The maximum atomic E-state index is 13.0. The third-order valence-corrected chi connectivity index (χ3v) is 3.23. The highest BCUT2D eigenvalue weighted by atomic mass is 19.2. The fourth-order valence-corrected chi connectivity index (χ4v) is 2.14. The molecule has 1 atom stereocenters. The second kappa shape index (κ2) is 5.85. The Bertz CT molecular complexity index is 536. The number of anilines is 1. The number of halogens is 2. The molecule has 108 valence electrons. The lowest BCUT2D eigenvalue weighted by Gasteiger charge is -2.30. The summed E-state index contributed by atoms with van der Waals surface area (Å²) in [5.74, 6) is -3.56. The van der Waals surface area contributed by atoms with Gasteiger partial charge in [0.1, 0.15) is 0 Å². The summed E-state index contributed by atoms with van der Waals surface area (Å²) in [7, 11) is 0. The highest BCUT2D eigenvalue weighted by molar-refractivity contribution is 5.89. The zero-order valence-corrected chi connectivity index (χ0v) is 10.6. The van der Waals surface area contributed by atoms with E-state index in [1.165, 1.54) is 11.0 Å². The van der Waals surface area contributed by atoms with Crippen LogP contribution in [-0.2, 0) is 4.79 Å². The number of likely N-dealkylation sites (tertiary alicyclic amines) is 1. The van der Waals surface area contributed by atoms with E-state index in [4.69, 9.17) is 5.11 Å². The highest BCUT2D eigenvalue weighted by Gasteiger charge is 2.28. The molecule has 5 nitrogen and oxygen atoms in total. The minimum Gasteiger partial charge on any atom is -0.481 e. The van der Waals surface area contributed by atoms with Crippen molar-refractivity contribution in [2.45, 2.75) is 12.8 Å². The lowest BCUT2D eigenvalue weighted by Crippen LogP contribution is -2.44. The van der Waals surface area contributed by atoms with Crippen molar-refractivity contribution in [1.29, 1.82) is 0 Å². The van der Waals surface area contributed by atoms with E-state index in [1.54, 1.807) is 0 Å². The second-order valence-corrected chi connectivity index (χ2v) is 4.68. The molecular formula is C13H14F2N2O3. The Morgan fingerprint density at radius 3 is 2.70 bits per heavy atom. The number of rotatable bonds is 2. The first-order valence-corrected chi connectivity index (χ1v) is 6.21. The number of nitrogens with zero attached hydrogens (tertiary/aromatic N) is 1. The number of carboxylic acid groups (broad SMARTS) is 1. The van der Waals surface area contributed by atoms with E-state index in [0.717, 1.165) is 12.1 Å². The van der Waals surface area contributed by atoms with Gasteiger partial charge in [-0.25, -0.2) is 13.6 Å². The van der Waals surface area contributed by atoms with E-state index in [0.29, 0.717) is 19.4 Å². The molecule has 1 aliphatic heterocycles. The van der Waals surface area contributed by atoms with Gasteiger partial charge in [-0.15, -0.1) is 0 Å². The number of benzene rings is 1. The van der Waals surface area contributed by atoms with Crippen LogP contribution < -0.4 is 5.32 Å². The van der Waals surface area contributed by atoms with E-state index in [2.05, 4.69) is 5.32 Å². The molecule has 0 saturated carbocycles. The van der Waals surface area contributed by atoms with Crippen molar-refractivity contribution in [3.63, 3.8) is 0 Å². The van der Waals surface area contributed by atoms with Crippen LogP contribution in [0.2, 0.25) is 0 Å². The standard InChI is InChI=1S/C13H14F2N2O3/c14-10-4-3-9(6-11(10)15)16-13(20)17-5-1-2-8(7-17)12(18)19/h3-4,6,8H,1-2,5,7H2,(H,16,20)(H,18,19). The molecule has 0 aromatic heterocycles. The number of piperidine rings is 1. The maximum absolute atomic E-state index is 13.0. The first-order valence-electron chi connectivity index (χ1n) is 6.21. The van der Waals surface area contributed by atoms with Crippen molar-refractivity contribution in [2.24, 2.45) is 5.92 Å². The molecule has 1 unspecified atom stereocenters. The summed E-state index contributed by atoms with van der Waals surface area (Å²) in [5, 5.41) is 11.4. The van der Waals surface area contributed by atoms with Gasteiger partial charge in [-0.1, -0.05) is 0 Å². The Balaban J connectivity index is 2.00. The van der Waals surface area contributed by atoms with Crippen molar-refractivity contribution in [2.75, 3.05) is 18.4 Å². The molecule has 1 aromatic carbocycles. The lowest BCUT2D eigenvalue weighted by molar-refractivity contribution is -0.143. The maximum Gasteiger partial charge on any atom is 0.321 e. The molecule has 0 aliphatic carbocycles. The number of carbonyl (C=O) groups excluding carboxylic acids is 1. The van der Waals surface area contributed by atoms with Crippen molar-refractivity contribution >= 4 is 17.7 Å². The van der Waals surface area contributed by atoms with Crippen LogP contribution >= 0.6 is 0 Å². The molecule has 7 heteroatoms.